The maximum absolute atomic E-state index is 12.0. The van der Waals surface area contributed by atoms with Crippen molar-refractivity contribution < 1.29 is 21.9 Å². The van der Waals surface area contributed by atoms with Gasteiger partial charge in [-0.1, -0.05) is 6.92 Å². The Kier molecular flexibility index (Phi) is 3.64. The molecule has 0 aromatic carbocycles. The van der Waals surface area contributed by atoms with Crippen LogP contribution in [0.1, 0.15) is 24.9 Å². The number of hydrogen-bond acceptors (Lipinski definition) is 7. The Balaban J connectivity index is 2.72. The minimum absolute atomic E-state index is 0.0817. The average Bonchev–Trinajstić information content (AvgIpc) is 2.62. The summed E-state index contributed by atoms with van der Waals surface area (Å²) >= 11 is 0.515. The summed E-state index contributed by atoms with van der Waals surface area (Å²) in [7, 11) is -7.70. The van der Waals surface area contributed by atoms with Crippen molar-refractivity contribution >= 4 is 31.2 Å². The molecule has 0 saturated carbocycles. The smallest absolute Gasteiger partial charge is 0.251 e. The van der Waals surface area contributed by atoms with E-state index in [0.29, 0.717) is 17.9 Å². The van der Waals surface area contributed by atoms with Crippen molar-refractivity contribution in [3.63, 3.8) is 0 Å². The molecule has 19 heavy (non-hydrogen) atoms. The van der Waals surface area contributed by atoms with Gasteiger partial charge in [-0.05, 0) is 13.0 Å². The van der Waals surface area contributed by atoms with Crippen LogP contribution < -0.4 is 10.5 Å². The van der Waals surface area contributed by atoms with Gasteiger partial charge in [0, 0.05) is 11.6 Å². The Morgan fingerprint density at radius 3 is 2.68 bits per heavy atom. The molecule has 1 atom stereocenters. The molecule has 0 fully saturated rings. The number of sulfone groups is 1. The Morgan fingerprint density at radius 1 is 1.53 bits per heavy atom. The van der Waals surface area contributed by atoms with Crippen LogP contribution in [0.25, 0.3) is 0 Å². The van der Waals surface area contributed by atoms with Crippen molar-refractivity contribution in [3.8, 4) is 5.75 Å². The van der Waals surface area contributed by atoms with Gasteiger partial charge in [0.2, 0.25) is 0 Å². The summed E-state index contributed by atoms with van der Waals surface area (Å²) < 4.78 is 46.0. The van der Waals surface area contributed by atoms with E-state index in [1.807, 2.05) is 6.92 Å². The maximum Gasteiger partial charge on any atom is 0.251 e. The number of fused-ring (bicyclic) bond motifs is 1. The zero-order valence-corrected chi connectivity index (χ0v) is 12.5. The topological polar surface area (TPSA) is 127 Å². The molecule has 10 heteroatoms. The van der Waals surface area contributed by atoms with Gasteiger partial charge in [0.15, 0.2) is 19.8 Å². The number of rotatable bonds is 3. The van der Waals surface area contributed by atoms with Gasteiger partial charge in [0.1, 0.15) is 4.21 Å². The summed E-state index contributed by atoms with van der Waals surface area (Å²) in [5, 5.41) is 18.0. The van der Waals surface area contributed by atoms with Gasteiger partial charge in [0.25, 0.3) is 10.0 Å². The Labute approximate surface area is 115 Å². The van der Waals surface area contributed by atoms with Crippen molar-refractivity contribution in [2.24, 2.45) is 5.14 Å². The molecule has 108 valence electrons. The summed E-state index contributed by atoms with van der Waals surface area (Å²) in [5.74, 6) is -0.626. The van der Waals surface area contributed by atoms with Gasteiger partial charge in [-0.3, -0.25) is 0 Å². The molecule has 1 aliphatic heterocycles. The lowest BCUT2D eigenvalue weighted by Gasteiger charge is -2.23. The van der Waals surface area contributed by atoms with E-state index in [-0.39, 0.29) is 28.0 Å². The number of nitrogens with one attached hydrogen (secondary N) is 1. The summed E-state index contributed by atoms with van der Waals surface area (Å²) in [6.07, 6.45) is 0.289. The first kappa shape index (κ1) is 14.7. The van der Waals surface area contributed by atoms with E-state index in [9.17, 15) is 21.9 Å². The Morgan fingerprint density at radius 2 is 2.16 bits per heavy atom. The lowest BCUT2D eigenvalue weighted by molar-refractivity contribution is 0.429. The average molecular weight is 326 g/mol. The minimum Gasteiger partial charge on any atom is -0.505 e. The third kappa shape index (κ3) is 2.50. The molecule has 0 radical (unpaired) electrons. The molecule has 1 aliphatic rings. The molecule has 1 aromatic rings. The van der Waals surface area contributed by atoms with Crippen LogP contribution in [-0.4, -0.2) is 34.2 Å². The van der Waals surface area contributed by atoms with E-state index in [1.54, 1.807) is 0 Å². The monoisotopic (exact) mass is 326 g/mol. The largest absolute Gasteiger partial charge is 0.505 e. The molecule has 7 nitrogen and oxygen atoms in total. The zero-order chi connectivity index (χ0) is 14.4. The van der Waals surface area contributed by atoms with Crippen LogP contribution in [-0.2, 0) is 19.9 Å². The molecule has 0 spiro atoms. The predicted octanol–water partition coefficient (Wildman–Crippen LogP) is -0.0709. The highest BCUT2D eigenvalue weighted by Crippen LogP contribution is 2.47. The molecule has 1 unspecified atom stereocenters. The van der Waals surface area contributed by atoms with Crippen molar-refractivity contribution in [1.82, 2.24) is 5.32 Å². The normalized spacial score (nSPS) is 22.1. The van der Waals surface area contributed by atoms with E-state index in [0.717, 1.165) is 0 Å². The van der Waals surface area contributed by atoms with Crippen LogP contribution in [0.5, 0.6) is 5.75 Å². The van der Waals surface area contributed by atoms with Crippen LogP contribution >= 0.6 is 11.3 Å². The highest BCUT2D eigenvalue weighted by molar-refractivity contribution is 7.95. The number of sulfonamides is 1. The van der Waals surface area contributed by atoms with E-state index >= 15 is 0 Å². The highest BCUT2D eigenvalue weighted by atomic mass is 32.3. The van der Waals surface area contributed by atoms with Gasteiger partial charge in [-0.15, -0.1) is 11.3 Å². The van der Waals surface area contributed by atoms with Gasteiger partial charge in [-0.25, -0.2) is 22.0 Å². The van der Waals surface area contributed by atoms with E-state index in [4.69, 9.17) is 5.14 Å². The predicted molar refractivity (Wildman–Crippen MR) is 70.4 cm³/mol. The number of aromatic hydroxyl groups is 1. The van der Waals surface area contributed by atoms with Crippen LogP contribution in [0.2, 0.25) is 0 Å². The highest BCUT2D eigenvalue weighted by Gasteiger charge is 2.38. The molecule has 0 aliphatic carbocycles. The number of hydrogen-bond donors (Lipinski definition) is 3. The third-order valence-electron chi connectivity index (χ3n) is 2.87. The molecular formula is C9H14N2O5S3. The number of thiophene rings is 1. The molecule has 2 rings (SSSR count). The van der Waals surface area contributed by atoms with E-state index in [1.165, 1.54) is 0 Å². The molecule has 1 aromatic heterocycles. The van der Waals surface area contributed by atoms with Gasteiger partial charge >= 0.3 is 0 Å². The second kappa shape index (κ2) is 4.70. The van der Waals surface area contributed by atoms with Crippen LogP contribution in [0.15, 0.2) is 8.42 Å². The van der Waals surface area contributed by atoms with Crippen molar-refractivity contribution in [2.45, 2.75) is 27.8 Å². The van der Waals surface area contributed by atoms with Gasteiger partial charge in [-0.2, -0.15) is 0 Å². The Bertz CT molecular complexity index is 704. The van der Waals surface area contributed by atoms with E-state index in [2.05, 4.69) is 5.32 Å². The molecule has 0 saturated heterocycles. The fraction of sp³-hybridized carbons (Fsp3) is 0.556. The standard InChI is InChI=1S/C9H14N2O5S3/c1-2-11-5-3-4-18(13,14)8-6(5)7(12)9(17-8)19(10,15)16/h5,11-12H,2-4H2,1H3,(H2,10,15,16). The van der Waals surface area contributed by atoms with Gasteiger partial charge < -0.3 is 10.4 Å². The lowest BCUT2D eigenvalue weighted by atomic mass is 10.1. The maximum atomic E-state index is 12.0. The molecule has 2 heterocycles. The first-order valence-corrected chi connectivity index (χ1v) is 9.54. The number of primary sulfonamides is 1. The Hall–Kier alpha value is -0.680. The molecular weight excluding hydrogens is 312 g/mol. The van der Waals surface area contributed by atoms with E-state index < -0.39 is 29.8 Å². The minimum atomic E-state index is -4.14. The SMILES string of the molecule is CCNC1CCS(=O)(=O)c2sc(S(N)(=O)=O)c(O)c21. The quantitative estimate of drug-likeness (QED) is 0.713. The lowest BCUT2D eigenvalue weighted by Crippen LogP contribution is -2.28. The molecule has 0 bridgehead atoms. The number of nitrogens with two attached hydrogens (primary N) is 1. The van der Waals surface area contributed by atoms with Crippen LogP contribution in [0, 0.1) is 0 Å². The summed E-state index contributed by atoms with van der Waals surface area (Å²) in [6, 6.07) is -0.379. The van der Waals surface area contributed by atoms with Gasteiger partial charge in [0.05, 0.1) is 5.75 Å². The first-order chi connectivity index (χ1) is 8.68. The second-order valence-electron chi connectivity index (χ2n) is 4.20. The first-order valence-electron chi connectivity index (χ1n) is 5.53. The van der Waals surface area contributed by atoms with Crippen LogP contribution in [0.4, 0.5) is 0 Å². The van der Waals surface area contributed by atoms with Crippen molar-refractivity contribution in [2.75, 3.05) is 12.3 Å². The summed E-state index contributed by atoms with van der Waals surface area (Å²) in [4.78, 5) is 0. The zero-order valence-electron chi connectivity index (χ0n) is 10.1. The second-order valence-corrected chi connectivity index (χ2v) is 9.28. The molecule has 0 amide bonds. The molecule has 4 N–H and O–H groups in total. The van der Waals surface area contributed by atoms with Crippen LogP contribution in [0.3, 0.4) is 0 Å². The fourth-order valence-corrected chi connectivity index (χ4v) is 6.38. The van der Waals surface area contributed by atoms with Crippen molar-refractivity contribution in [1.29, 1.82) is 0 Å². The fourth-order valence-electron chi connectivity index (χ4n) is 2.09. The summed E-state index contributed by atoms with van der Waals surface area (Å²) in [6.45, 7) is 2.41. The summed E-state index contributed by atoms with van der Waals surface area (Å²) in [5.41, 5.74) is 0.127. The third-order valence-corrected chi connectivity index (χ3v) is 7.88. The van der Waals surface area contributed by atoms with Crippen molar-refractivity contribution in [3.05, 3.63) is 5.56 Å².